The summed E-state index contributed by atoms with van der Waals surface area (Å²) in [6.07, 6.45) is 0.442. The summed E-state index contributed by atoms with van der Waals surface area (Å²) in [4.78, 5) is 39.3. The Morgan fingerprint density at radius 3 is 2.10 bits per heavy atom. The molecule has 0 unspecified atom stereocenters. The van der Waals surface area contributed by atoms with Crippen molar-refractivity contribution < 1.29 is 19.1 Å². The lowest BCUT2D eigenvalue weighted by atomic mass is 9.94. The minimum Gasteiger partial charge on any atom is -0.427 e. The Labute approximate surface area is 178 Å². The second kappa shape index (κ2) is 7.69. The third-order valence-corrected chi connectivity index (χ3v) is 5.57. The van der Waals surface area contributed by atoms with E-state index in [0.29, 0.717) is 28.7 Å². The Balaban J connectivity index is 1.25. The molecule has 0 spiro atoms. The number of ether oxygens (including phenoxy) is 1. The SMILES string of the molecule is O=C(CCCN1C(=O)c2cccc3cccc(c23)C1=O)Oc1ccc2ccccc2c1. The van der Waals surface area contributed by atoms with Crippen LogP contribution in [-0.2, 0) is 4.79 Å². The third-order valence-electron chi connectivity index (χ3n) is 5.57. The van der Waals surface area contributed by atoms with Crippen LogP contribution < -0.4 is 4.74 Å². The summed E-state index contributed by atoms with van der Waals surface area (Å²) in [6, 6.07) is 24.2. The van der Waals surface area contributed by atoms with Crippen LogP contribution in [0.1, 0.15) is 33.6 Å². The van der Waals surface area contributed by atoms with E-state index in [1.54, 1.807) is 18.2 Å². The van der Waals surface area contributed by atoms with Crippen LogP contribution in [0.3, 0.4) is 0 Å². The molecule has 0 saturated heterocycles. The fraction of sp³-hybridized carbons (Fsp3) is 0.115. The Morgan fingerprint density at radius 2 is 1.39 bits per heavy atom. The predicted octanol–water partition coefficient (Wildman–Crippen LogP) is 4.97. The van der Waals surface area contributed by atoms with E-state index in [4.69, 9.17) is 4.74 Å². The van der Waals surface area contributed by atoms with E-state index in [-0.39, 0.29) is 24.8 Å². The van der Waals surface area contributed by atoms with E-state index >= 15 is 0 Å². The number of carbonyl (C=O) groups excluding carboxylic acids is 3. The topological polar surface area (TPSA) is 63.7 Å². The van der Waals surface area contributed by atoms with Crippen molar-refractivity contribution in [3.8, 4) is 5.75 Å². The van der Waals surface area contributed by atoms with E-state index in [9.17, 15) is 14.4 Å². The molecule has 0 radical (unpaired) electrons. The number of rotatable bonds is 5. The van der Waals surface area contributed by atoms with Gasteiger partial charge in [0.2, 0.25) is 0 Å². The van der Waals surface area contributed by atoms with Crippen LogP contribution in [0.4, 0.5) is 0 Å². The molecule has 31 heavy (non-hydrogen) atoms. The number of imide groups is 1. The first-order chi connectivity index (χ1) is 15.1. The van der Waals surface area contributed by atoms with Crippen LogP contribution >= 0.6 is 0 Å². The maximum absolute atomic E-state index is 12.9. The van der Waals surface area contributed by atoms with Crippen LogP contribution in [0.5, 0.6) is 5.75 Å². The van der Waals surface area contributed by atoms with Gasteiger partial charge >= 0.3 is 5.97 Å². The van der Waals surface area contributed by atoms with E-state index < -0.39 is 5.97 Å². The molecule has 0 aliphatic carbocycles. The summed E-state index contributed by atoms with van der Waals surface area (Å²) in [6.45, 7) is 0.162. The van der Waals surface area contributed by atoms with Gasteiger partial charge in [-0.05, 0) is 46.8 Å². The Kier molecular flexibility index (Phi) is 4.71. The molecule has 4 aromatic carbocycles. The van der Waals surface area contributed by atoms with Gasteiger partial charge in [-0.25, -0.2) is 0 Å². The molecule has 1 aliphatic heterocycles. The molecular formula is C26H19NO4. The normalized spacial score (nSPS) is 13.1. The molecule has 2 amide bonds. The van der Waals surface area contributed by atoms with Gasteiger partial charge in [0.25, 0.3) is 11.8 Å². The molecule has 5 nitrogen and oxygen atoms in total. The van der Waals surface area contributed by atoms with Gasteiger partial charge < -0.3 is 4.74 Å². The number of hydrogen-bond donors (Lipinski definition) is 0. The zero-order chi connectivity index (χ0) is 21.4. The van der Waals surface area contributed by atoms with Crippen molar-refractivity contribution in [1.29, 1.82) is 0 Å². The molecule has 4 aromatic rings. The summed E-state index contributed by atoms with van der Waals surface area (Å²) < 4.78 is 5.44. The van der Waals surface area contributed by atoms with Gasteiger partial charge in [-0.1, -0.05) is 54.6 Å². The van der Waals surface area contributed by atoms with E-state index in [1.807, 2.05) is 60.7 Å². The standard InChI is InChI=1S/C26H19NO4/c28-23(31-20-14-13-17-6-1-2-7-19(17)16-20)12-5-15-27-25(29)21-10-3-8-18-9-4-11-22(24(18)21)26(27)30/h1-4,6-11,13-14,16H,5,12,15H2. The Hall–Kier alpha value is -3.99. The van der Waals surface area contributed by atoms with Crippen molar-refractivity contribution in [3.63, 3.8) is 0 Å². The summed E-state index contributed by atoms with van der Waals surface area (Å²) in [5.74, 6) is -0.557. The molecule has 1 heterocycles. The van der Waals surface area contributed by atoms with Crippen molar-refractivity contribution in [2.75, 3.05) is 6.54 Å². The third kappa shape index (κ3) is 3.44. The number of fused-ring (bicyclic) bond motifs is 1. The monoisotopic (exact) mass is 409 g/mol. The van der Waals surface area contributed by atoms with Crippen LogP contribution in [0, 0.1) is 0 Å². The zero-order valence-corrected chi connectivity index (χ0v) is 16.7. The van der Waals surface area contributed by atoms with E-state index in [1.165, 1.54) is 4.90 Å². The molecular weight excluding hydrogens is 390 g/mol. The molecule has 1 aliphatic rings. The smallest absolute Gasteiger partial charge is 0.311 e. The molecule has 0 N–H and O–H groups in total. The van der Waals surface area contributed by atoms with Gasteiger partial charge in [-0.3, -0.25) is 19.3 Å². The molecule has 0 saturated carbocycles. The summed E-state index contributed by atoms with van der Waals surface area (Å²) in [7, 11) is 0. The second-order valence-electron chi connectivity index (χ2n) is 7.56. The van der Waals surface area contributed by atoms with Crippen molar-refractivity contribution in [2.45, 2.75) is 12.8 Å². The summed E-state index contributed by atoms with van der Waals surface area (Å²) >= 11 is 0. The van der Waals surface area contributed by atoms with Gasteiger partial charge in [0.1, 0.15) is 5.75 Å². The van der Waals surface area contributed by atoms with Crippen LogP contribution in [0.2, 0.25) is 0 Å². The van der Waals surface area contributed by atoms with Crippen molar-refractivity contribution >= 4 is 39.3 Å². The number of carbonyl (C=O) groups is 3. The van der Waals surface area contributed by atoms with Crippen molar-refractivity contribution in [3.05, 3.63) is 90.0 Å². The van der Waals surface area contributed by atoms with Crippen molar-refractivity contribution in [2.24, 2.45) is 0 Å². The fourth-order valence-electron chi connectivity index (χ4n) is 4.08. The number of benzene rings is 4. The minimum absolute atomic E-state index is 0.107. The highest BCUT2D eigenvalue weighted by atomic mass is 16.5. The lowest BCUT2D eigenvalue weighted by Gasteiger charge is -2.27. The van der Waals surface area contributed by atoms with Gasteiger partial charge in [-0.2, -0.15) is 0 Å². The van der Waals surface area contributed by atoms with E-state index in [2.05, 4.69) is 0 Å². The highest BCUT2D eigenvalue weighted by molar-refractivity contribution is 6.25. The van der Waals surface area contributed by atoms with E-state index in [0.717, 1.165) is 16.2 Å². The molecule has 0 atom stereocenters. The number of hydrogen-bond acceptors (Lipinski definition) is 4. The maximum Gasteiger partial charge on any atom is 0.311 e. The lowest BCUT2D eigenvalue weighted by Crippen LogP contribution is -2.41. The first kappa shape index (κ1) is 19.0. The molecule has 0 bridgehead atoms. The number of esters is 1. The van der Waals surface area contributed by atoms with Crippen LogP contribution in [0.15, 0.2) is 78.9 Å². The first-order valence-electron chi connectivity index (χ1n) is 10.2. The average molecular weight is 409 g/mol. The highest BCUT2D eigenvalue weighted by Gasteiger charge is 2.32. The predicted molar refractivity (Wildman–Crippen MR) is 118 cm³/mol. The lowest BCUT2D eigenvalue weighted by molar-refractivity contribution is -0.134. The Morgan fingerprint density at radius 1 is 0.742 bits per heavy atom. The molecule has 0 aromatic heterocycles. The number of nitrogens with zero attached hydrogens (tertiary/aromatic N) is 1. The average Bonchev–Trinajstić information content (AvgIpc) is 2.79. The van der Waals surface area contributed by atoms with Crippen molar-refractivity contribution in [1.82, 2.24) is 4.90 Å². The molecule has 5 heteroatoms. The first-order valence-corrected chi connectivity index (χ1v) is 10.2. The van der Waals surface area contributed by atoms with Gasteiger partial charge in [-0.15, -0.1) is 0 Å². The molecule has 152 valence electrons. The summed E-state index contributed by atoms with van der Waals surface area (Å²) in [5, 5.41) is 3.63. The largest absolute Gasteiger partial charge is 0.427 e. The zero-order valence-electron chi connectivity index (χ0n) is 16.7. The van der Waals surface area contributed by atoms with Gasteiger partial charge in [0.05, 0.1) is 0 Å². The quantitative estimate of drug-likeness (QED) is 0.265. The Bertz CT molecular complexity index is 1310. The number of amides is 2. The summed E-state index contributed by atoms with van der Waals surface area (Å²) in [5.41, 5.74) is 1.04. The molecule has 5 rings (SSSR count). The minimum atomic E-state index is -0.394. The van der Waals surface area contributed by atoms with Crippen LogP contribution in [-0.4, -0.2) is 29.2 Å². The van der Waals surface area contributed by atoms with Crippen LogP contribution in [0.25, 0.3) is 21.5 Å². The van der Waals surface area contributed by atoms with Gasteiger partial charge in [0, 0.05) is 29.5 Å². The fourth-order valence-corrected chi connectivity index (χ4v) is 4.08. The van der Waals surface area contributed by atoms with Gasteiger partial charge in [0.15, 0.2) is 0 Å². The second-order valence-corrected chi connectivity index (χ2v) is 7.56. The highest BCUT2D eigenvalue weighted by Crippen LogP contribution is 2.30. The maximum atomic E-state index is 12.9. The molecule has 0 fully saturated rings.